The molecule has 0 radical (unpaired) electrons. The first-order chi connectivity index (χ1) is 4.74. The maximum atomic E-state index is 9.17. The fraction of sp³-hybridized carbons (Fsp3) is 0.375. The van der Waals surface area contributed by atoms with Gasteiger partial charge in [0.2, 0.25) is 0 Å². The van der Waals surface area contributed by atoms with Gasteiger partial charge in [-0.25, -0.2) is 0 Å². The van der Waals surface area contributed by atoms with Gasteiger partial charge in [-0.2, -0.15) is 0 Å². The van der Waals surface area contributed by atoms with Crippen molar-refractivity contribution in [1.82, 2.24) is 4.98 Å². The summed E-state index contributed by atoms with van der Waals surface area (Å²) in [5.41, 5.74) is 1.76. The first-order valence-electron chi connectivity index (χ1n) is 3.38. The molecule has 2 heteroatoms. The van der Waals surface area contributed by atoms with Gasteiger partial charge < -0.3 is 5.11 Å². The van der Waals surface area contributed by atoms with E-state index in [4.69, 9.17) is 5.11 Å². The van der Waals surface area contributed by atoms with Gasteiger partial charge in [0.05, 0.1) is 5.69 Å². The summed E-state index contributed by atoms with van der Waals surface area (Å²) in [6.07, 6.45) is 2.70. The first-order valence-corrected chi connectivity index (χ1v) is 3.38. The molecule has 1 aromatic rings. The Morgan fingerprint density at radius 2 is 2.30 bits per heavy atom. The summed E-state index contributed by atoms with van der Waals surface area (Å²) < 4.78 is 0. The topological polar surface area (TPSA) is 33.1 Å². The minimum absolute atomic E-state index is 0.291. The van der Waals surface area contributed by atoms with Crippen LogP contribution in [0.15, 0.2) is 12.3 Å². The number of hydrogen-bond acceptors (Lipinski definition) is 2. The predicted octanol–water partition coefficient (Wildman–Crippen LogP) is 1.66. The third-order valence-corrected chi connectivity index (χ3v) is 1.53. The normalized spacial score (nSPS) is 9.80. The van der Waals surface area contributed by atoms with E-state index in [0.29, 0.717) is 11.4 Å². The Morgan fingerprint density at radius 3 is 2.80 bits per heavy atom. The van der Waals surface area contributed by atoms with Gasteiger partial charge in [-0.3, -0.25) is 4.98 Å². The molecule has 0 saturated heterocycles. The van der Waals surface area contributed by atoms with E-state index in [1.54, 1.807) is 19.2 Å². The van der Waals surface area contributed by atoms with Gasteiger partial charge in [0.25, 0.3) is 0 Å². The Kier molecular flexibility index (Phi) is 1.90. The largest absolute Gasteiger partial charge is 0.506 e. The van der Waals surface area contributed by atoms with Gasteiger partial charge in [-0.05, 0) is 25.0 Å². The molecule has 54 valence electrons. The van der Waals surface area contributed by atoms with Crippen LogP contribution < -0.4 is 0 Å². The number of nitrogens with zero attached hydrogens (tertiary/aromatic N) is 1. The summed E-state index contributed by atoms with van der Waals surface area (Å²) in [7, 11) is 0. The van der Waals surface area contributed by atoms with Gasteiger partial charge in [-0.15, -0.1) is 0 Å². The molecule has 0 fully saturated rings. The lowest BCUT2D eigenvalue weighted by molar-refractivity contribution is 0.466. The maximum absolute atomic E-state index is 9.17. The van der Waals surface area contributed by atoms with E-state index in [0.717, 1.165) is 12.0 Å². The van der Waals surface area contributed by atoms with Crippen molar-refractivity contribution >= 4 is 0 Å². The van der Waals surface area contributed by atoms with Crippen LogP contribution in [0, 0.1) is 6.92 Å². The molecule has 0 aromatic carbocycles. The van der Waals surface area contributed by atoms with Crippen LogP contribution in [0.4, 0.5) is 0 Å². The van der Waals surface area contributed by atoms with E-state index in [9.17, 15) is 0 Å². The highest BCUT2D eigenvalue weighted by atomic mass is 16.3. The minimum Gasteiger partial charge on any atom is -0.506 e. The molecule has 1 N–H and O–H groups in total. The van der Waals surface area contributed by atoms with E-state index >= 15 is 0 Å². The lowest BCUT2D eigenvalue weighted by atomic mass is 10.2. The highest BCUT2D eigenvalue weighted by molar-refractivity contribution is 5.28. The smallest absolute Gasteiger partial charge is 0.137 e. The van der Waals surface area contributed by atoms with Crippen LogP contribution in [0.25, 0.3) is 0 Å². The van der Waals surface area contributed by atoms with E-state index in [1.165, 1.54) is 0 Å². The Balaban J connectivity index is 3.04. The zero-order valence-corrected chi connectivity index (χ0v) is 6.26. The molecule has 2 nitrogen and oxygen atoms in total. The van der Waals surface area contributed by atoms with Crippen molar-refractivity contribution in [3.63, 3.8) is 0 Å². The number of aromatic nitrogens is 1. The molecule has 0 atom stereocenters. The molecule has 0 bridgehead atoms. The number of aryl methyl sites for hydroxylation is 2. The highest BCUT2D eigenvalue weighted by Crippen LogP contribution is 2.14. The SMILES string of the molecule is CCc1cnc(C)c(O)c1. The monoisotopic (exact) mass is 137 g/mol. The van der Waals surface area contributed by atoms with Crippen molar-refractivity contribution in [2.75, 3.05) is 0 Å². The van der Waals surface area contributed by atoms with Crippen molar-refractivity contribution in [3.8, 4) is 5.75 Å². The predicted molar refractivity (Wildman–Crippen MR) is 40.0 cm³/mol. The van der Waals surface area contributed by atoms with Crippen LogP contribution in [0.3, 0.4) is 0 Å². The molecule has 0 unspecified atom stereocenters. The standard InChI is InChI=1S/C8H11NO/c1-3-7-4-8(10)6(2)9-5-7/h4-5,10H,3H2,1-2H3. The molecule has 1 aromatic heterocycles. The van der Waals surface area contributed by atoms with Crippen molar-refractivity contribution in [2.24, 2.45) is 0 Å². The second-order valence-corrected chi connectivity index (χ2v) is 2.30. The van der Waals surface area contributed by atoms with Crippen LogP contribution in [0.1, 0.15) is 18.2 Å². The number of hydrogen-bond donors (Lipinski definition) is 1. The van der Waals surface area contributed by atoms with Crippen LogP contribution in [0.5, 0.6) is 5.75 Å². The lowest BCUT2D eigenvalue weighted by Crippen LogP contribution is -1.85. The fourth-order valence-electron chi connectivity index (χ4n) is 0.757. The van der Waals surface area contributed by atoms with Gasteiger partial charge in [-0.1, -0.05) is 6.92 Å². The molecule has 0 aliphatic heterocycles. The summed E-state index contributed by atoms with van der Waals surface area (Å²) in [5.74, 6) is 0.291. The van der Waals surface area contributed by atoms with Crippen molar-refractivity contribution in [3.05, 3.63) is 23.5 Å². The third-order valence-electron chi connectivity index (χ3n) is 1.53. The average Bonchev–Trinajstić information content (AvgIpc) is 1.95. The molecule has 0 saturated carbocycles. The van der Waals surface area contributed by atoms with Gasteiger partial charge in [0.1, 0.15) is 5.75 Å². The summed E-state index contributed by atoms with van der Waals surface area (Å²) >= 11 is 0. The highest BCUT2D eigenvalue weighted by Gasteiger charge is 1.96. The molecule has 0 spiro atoms. The van der Waals surface area contributed by atoms with Gasteiger partial charge >= 0.3 is 0 Å². The number of pyridine rings is 1. The van der Waals surface area contributed by atoms with Gasteiger partial charge in [0, 0.05) is 6.20 Å². The van der Waals surface area contributed by atoms with Crippen molar-refractivity contribution in [2.45, 2.75) is 20.3 Å². The zero-order valence-electron chi connectivity index (χ0n) is 6.26. The lowest BCUT2D eigenvalue weighted by Gasteiger charge is -1.98. The van der Waals surface area contributed by atoms with Gasteiger partial charge in [0.15, 0.2) is 0 Å². The summed E-state index contributed by atoms with van der Waals surface area (Å²) in [5, 5.41) is 9.17. The maximum Gasteiger partial charge on any atom is 0.137 e. The summed E-state index contributed by atoms with van der Waals surface area (Å²) in [4.78, 5) is 4.00. The second-order valence-electron chi connectivity index (χ2n) is 2.30. The molecule has 0 amide bonds. The molecular weight excluding hydrogens is 126 g/mol. The molecule has 0 aliphatic rings. The van der Waals surface area contributed by atoms with Crippen LogP contribution >= 0.6 is 0 Å². The number of aromatic hydroxyl groups is 1. The molecule has 1 rings (SSSR count). The second kappa shape index (κ2) is 2.69. The molecule has 1 heterocycles. The van der Waals surface area contributed by atoms with E-state index in [-0.39, 0.29) is 0 Å². The van der Waals surface area contributed by atoms with E-state index in [1.807, 2.05) is 6.92 Å². The zero-order chi connectivity index (χ0) is 7.56. The number of rotatable bonds is 1. The average molecular weight is 137 g/mol. The molecule has 0 aliphatic carbocycles. The van der Waals surface area contributed by atoms with Crippen LogP contribution in [-0.2, 0) is 6.42 Å². The van der Waals surface area contributed by atoms with E-state index < -0.39 is 0 Å². The van der Waals surface area contributed by atoms with Crippen LogP contribution in [0.2, 0.25) is 0 Å². The minimum atomic E-state index is 0.291. The summed E-state index contributed by atoms with van der Waals surface area (Å²) in [6, 6.07) is 1.75. The quantitative estimate of drug-likeness (QED) is 0.638. The van der Waals surface area contributed by atoms with Crippen molar-refractivity contribution < 1.29 is 5.11 Å². The molecular formula is C8H11NO. The van der Waals surface area contributed by atoms with Crippen LogP contribution in [-0.4, -0.2) is 10.1 Å². The summed E-state index contributed by atoms with van der Waals surface area (Å²) in [6.45, 7) is 3.82. The fourth-order valence-corrected chi connectivity index (χ4v) is 0.757. The Morgan fingerprint density at radius 1 is 1.60 bits per heavy atom. The Labute approximate surface area is 60.5 Å². The van der Waals surface area contributed by atoms with E-state index in [2.05, 4.69) is 4.98 Å². The molecule has 10 heavy (non-hydrogen) atoms. The first kappa shape index (κ1) is 7.06. The Hall–Kier alpha value is -1.05. The Bertz CT molecular complexity index is 233. The third kappa shape index (κ3) is 1.26. The van der Waals surface area contributed by atoms with Crippen molar-refractivity contribution in [1.29, 1.82) is 0 Å².